The molecule has 0 aromatic rings. The van der Waals surface area contributed by atoms with Gasteiger partial charge in [0.2, 0.25) is 0 Å². The Bertz CT molecular complexity index is 144. The second-order valence-corrected chi connectivity index (χ2v) is 2.15. The van der Waals surface area contributed by atoms with Gasteiger partial charge in [-0.2, -0.15) is 0 Å². The Morgan fingerprint density at radius 2 is 2.75 bits per heavy atom. The van der Waals surface area contributed by atoms with Crippen molar-refractivity contribution in [2.24, 2.45) is 0 Å². The Morgan fingerprint density at radius 1 is 2.00 bits per heavy atom. The van der Waals surface area contributed by atoms with Gasteiger partial charge < -0.3 is 0 Å². The zero-order valence-corrected chi connectivity index (χ0v) is 4.72. The lowest BCUT2D eigenvalue weighted by atomic mass is 10.9. The second kappa shape index (κ2) is 2.04. The van der Waals surface area contributed by atoms with Crippen molar-refractivity contribution in [3.63, 3.8) is 0 Å². The summed E-state index contributed by atoms with van der Waals surface area (Å²) in [6.45, 7) is 0. The molecule has 0 bridgehead atoms. The summed E-state index contributed by atoms with van der Waals surface area (Å²) in [6, 6.07) is 0. The van der Waals surface area contributed by atoms with Crippen LogP contribution < -0.4 is 5.32 Å². The highest BCUT2D eigenvalue weighted by Gasteiger charge is 2.15. The lowest BCUT2D eigenvalue weighted by Gasteiger charge is -1.81. The van der Waals surface area contributed by atoms with Crippen LogP contribution in [-0.2, 0) is 0 Å². The van der Waals surface area contributed by atoms with Gasteiger partial charge in [0.1, 0.15) is 6.20 Å². The normalized spacial score (nSPS) is 17.2. The van der Waals surface area contributed by atoms with Gasteiger partial charge in [0, 0.05) is 0 Å². The lowest BCUT2D eigenvalue weighted by molar-refractivity contribution is -0.410. The maximum Gasteiger partial charge on any atom is 0.322 e. The predicted octanol–water partition coefficient (Wildman–Crippen LogP) is 0.371. The fourth-order valence-corrected chi connectivity index (χ4v) is 0.892. The van der Waals surface area contributed by atoms with Crippen LogP contribution in [0.1, 0.15) is 0 Å². The van der Waals surface area contributed by atoms with Crippen molar-refractivity contribution in [3.05, 3.63) is 21.3 Å². The number of hydrogen-bond acceptors (Lipinski definition) is 3. The number of thioether (sulfide) groups is 1. The smallest absolute Gasteiger partial charge is 0.274 e. The van der Waals surface area contributed by atoms with E-state index in [1.165, 1.54) is 6.20 Å². The SMILES string of the molecule is O=[N+]([O-])C1=C[N]CS1. The van der Waals surface area contributed by atoms with Crippen molar-refractivity contribution >= 4 is 11.8 Å². The summed E-state index contributed by atoms with van der Waals surface area (Å²) < 4.78 is 0. The fraction of sp³-hybridized carbons (Fsp3) is 0.333. The van der Waals surface area contributed by atoms with Gasteiger partial charge in [-0.25, -0.2) is 0 Å². The minimum absolute atomic E-state index is 0.144. The van der Waals surface area contributed by atoms with E-state index in [0.29, 0.717) is 5.88 Å². The highest BCUT2D eigenvalue weighted by molar-refractivity contribution is 8.02. The van der Waals surface area contributed by atoms with Gasteiger partial charge in [-0.3, -0.25) is 15.4 Å². The Balaban J connectivity index is 2.57. The molecule has 0 amide bonds. The summed E-state index contributed by atoms with van der Waals surface area (Å²) in [5, 5.41) is 13.6. The summed E-state index contributed by atoms with van der Waals surface area (Å²) >= 11 is 1.15. The minimum atomic E-state index is -0.429. The number of rotatable bonds is 1. The van der Waals surface area contributed by atoms with Crippen molar-refractivity contribution < 1.29 is 4.92 Å². The molecule has 0 aliphatic carbocycles. The first kappa shape index (κ1) is 5.43. The molecule has 0 N–H and O–H groups in total. The molecular weight excluding hydrogens is 128 g/mol. The van der Waals surface area contributed by atoms with Crippen molar-refractivity contribution in [3.8, 4) is 0 Å². The quantitative estimate of drug-likeness (QED) is 0.381. The van der Waals surface area contributed by atoms with E-state index in [0.717, 1.165) is 11.8 Å². The molecule has 1 radical (unpaired) electrons. The van der Waals surface area contributed by atoms with Crippen LogP contribution in [0.2, 0.25) is 0 Å². The molecule has 0 saturated carbocycles. The summed E-state index contributed by atoms with van der Waals surface area (Å²) in [7, 11) is 0. The molecule has 1 aliphatic heterocycles. The predicted molar refractivity (Wildman–Crippen MR) is 29.7 cm³/mol. The third-order valence-electron chi connectivity index (χ3n) is 0.669. The zero-order valence-electron chi connectivity index (χ0n) is 3.90. The van der Waals surface area contributed by atoms with Crippen LogP contribution in [0.5, 0.6) is 0 Å². The summed E-state index contributed by atoms with van der Waals surface area (Å²) in [6.07, 6.45) is 1.28. The van der Waals surface area contributed by atoms with Crippen molar-refractivity contribution in [1.82, 2.24) is 5.32 Å². The van der Waals surface area contributed by atoms with Gasteiger partial charge in [0.05, 0.1) is 10.8 Å². The molecule has 0 aromatic carbocycles. The van der Waals surface area contributed by atoms with E-state index in [4.69, 9.17) is 0 Å². The first-order valence-corrected chi connectivity index (χ1v) is 2.93. The van der Waals surface area contributed by atoms with Crippen LogP contribution in [-0.4, -0.2) is 10.8 Å². The van der Waals surface area contributed by atoms with E-state index in [1.807, 2.05) is 0 Å². The second-order valence-electron chi connectivity index (χ2n) is 1.18. The van der Waals surface area contributed by atoms with E-state index in [9.17, 15) is 10.1 Å². The molecule has 0 atom stereocenters. The van der Waals surface area contributed by atoms with E-state index < -0.39 is 4.92 Å². The Labute approximate surface area is 50.1 Å². The van der Waals surface area contributed by atoms with Gasteiger partial charge in [-0.05, 0) is 11.8 Å². The maximum absolute atomic E-state index is 9.86. The van der Waals surface area contributed by atoms with E-state index in [2.05, 4.69) is 5.32 Å². The van der Waals surface area contributed by atoms with E-state index in [1.54, 1.807) is 0 Å². The molecule has 1 aliphatic rings. The third kappa shape index (κ3) is 0.919. The van der Waals surface area contributed by atoms with Crippen molar-refractivity contribution in [1.29, 1.82) is 0 Å². The molecule has 0 aromatic heterocycles. The largest absolute Gasteiger partial charge is 0.322 e. The molecule has 8 heavy (non-hydrogen) atoms. The molecule has 43 valence electrons. The first-order chi connectivity index (χ1) is 3.80. The van der Waals surface area contributed by atoms with Crippen LogP contribution >= 0.6 is 11.8 Å². The van der Waals surface area contributed by atoms with Gasteiger partial charge >= 0.3 is 5.03 Å². The highest BCUT2D eigenvalue weighted by Crippen LogP contribution is 2.18. The van der Waals surface area contributed by atoms with Gasteiger partial charge in [-0.15, -0.1) is 0 Å². The lowest BCUT2D eigenvalue weighted by Crippen LogP contribution is -1.89. The molecule has 1 rings (SSSR count). The van der Waals surface area contributed by atoms with Gasteiger partial charge in [-0.1, -0.05) is 0 Å². The average molecular weight is 131 g/mol. The molecule has 0 fully saturated rings. The van der Waals surface area contributed by atoms with Crippen molar-refractivity contribution in [2.45, 2.75) is 0 Å². The number of nitro groups is 1. The van der Waals surface area contributed by atoms with E-state index in [-0.39, 0.29) is 5.03 Å². The standard InChI is InChI=1S/C3H3N2O2S/c6-5(7)3-1-4-2-8-3/h1H,2H2. The molecule has 0 unspecified atom stereocenters. The topological polar surface area (TPSA) is 57.2 Å². The van der Waals surface area contributed by atoms with Crippen molar-refractivity contribution in [2.75, 3.05) is 5.88 Å². The Hall–Kier alpha value is -0.710. The molecule has 0 saturated heterocycles. The molecular formula is C3H3N2O2S. The number of hydrogen-bond donors (Lipinski definition) is 0. The summed E-state index contributed by atoms with van der Waals surface area (Å²) in [5.41, 5.74) is 0. The van der Waals surface area contributed by atoms with Crippen LogP contribution in [0.3, 0.4) is 0 Å². The third-order valence-corrected chi connectivity index (χ3v) is 1.50. The molecule has 1 heterocycles. The summed E-state index contributed by atoms with van der Waals surface area (Å²) in [4.78, 5) is 9.43. The van der Waals surface area contributed by atoms with Gasteiger partial charge in [0.25, 0.3) is 0 Å². The Kier molecular flexibility index (Phi) is 1.38. The maximum atomic E-state index is 9.86. The van der Waals surface area contributed by atoms with Crippen LogP contribution in [0.4, 0.5) is 0 Å². The highest BCUT2D eigenvalue weighted by atomic mass is 32.2. The first-order valence-electron chi connectivity index (χ1n) is 1.94. The molecule has 5 heteroatoms. The summed E-state index contributed by atoms with van der Waals surface area (Å²) in [5.74, 6) is 0.496. The monoisotopic (exact) mass is 131 g/mol. The number of nitrogens with zero attached hydrogens (tertiary/aromatic N) is 2. The van der Waals surface area contributed by atoms with Gasteiger partial charge in [0.15, 0.2) is 0 Å². The van der Waals surface area contributed by atoms with Crippen LogP contribution in [0.15, 0.2) is 11.2 Å². The van der Waals surface area contributed by atoms with Crippen LogP contribution in [0.25, 0.3) is 0 Å². The Morgan fingerprint density at radius 3 is 3.00 bits per heavy atom. The van der Waals surface area contributed by atoms with Crippen LogP contribution in [0, 0.1) is 10.1 Å². The zero-order chi connectivity index (χ0) is 5.98. The minimum Gasteiger partial charge on any atom is -0.274 e. The molecule has 0 spiro atoms. The van der Waals surface area contributed by atoms with E-state index >= 15 is 0 Å². The fourth-order valence-electron chi connectivity index (χ4n) is 0.356. The average Bonchev–Trinajstić information content (AvgIpc) is 2.12. The molecule has 4 nitrogen and oxygen atoms in total.